The second-order valence-electron chi connectivity index (χ2n) is 4.22. The molecule has 0 unspecified atom stereocenters. The average Bonchev–Trinajstić information content (AvgIpc) is 2.42. The lowest BCUT2D eigenvalue weighted by atomic mass is 10.1. The normalized spacial score (nSPS) is 11.1. The maximum absolute atomic E-state index is 12.6. The monoisotopic (exact) mass is 304 g/mol. The Bertz CT molecular complexity index is 544. The van der Waals surface area contributed by atoms with Gasteiger partial charge >= 0.3 is 12.1 Å². The van der Waals surface area contributed by atoms with E-state index in [1.807, 2.05) is 0 Å². The van der Waals surface area contributed by atoms with Crippen LogP contribution in [0.5, 0.6) is 0 Å². The number of carbonyl (C=O) groups is 2. The summed E-state index contributed by atoms with van der Waals surface area (Å²) < 4.78 is 37.9. The van der Waals surface area contributed by atoms with Crippen LogP contribution < -0.4 is 10.2 Å². The van der Waals surface area contributed by atoms with E-state index in [2.05, 4.69) is 5.32 Å². The van der Waals surface area contributed by atoms with Crippen LogP contribution in [-0.2, 0) is 11.0 Å². The fourth-order valence-electron chi connectivity index (χ4n) is 1.78. The van der Waals surface area contributed by atoms with E-state index in [1.165, 1.54) is 11.9 Å². The van der Waals surface area contributed by atoms with Crippen LogP contribution >= 0.6 is 0 Å². The van der Waals surface area contributed by atoms with Crippen molar-refractivity contribution in [2.75, 3.05) is 25.0 Å². The number of carbonyl (C=O) groups excluding carboxylic acids is 1. The third-order valence-corrected chi connectivity index (χ3v) is 2.89. The molecular formula is C13H15F3N2O3. The molecule has 0 aliphatic heterocycles. The van der Waals surface area contributed by atoms with Crippen LogP contribution in [-0.4, -0.2) is 37.1 Å². The lowest BCUT2D eigenvalue weighted by Crippen LogP contribution is -2.36. The van der Waals surface area contributed by atoms with Crippen molar-refractivity contribution in [2.45, 2.75) is 13.1 Å². The summed E-state index contributed by atoms with van der Waals surface area (Å²) in [7, 11) is 1.42. The number of carboxylic acids is 1. The van der Waals surface area contributed by atoms with E-state index < -0.39 is 23.3 Å². The SMILES string of the molecule is CCN(CC(=O)NC)c1ccc(C(F)(F)F)cc1C(=O)O. The summed E-state index contributed by atoms with van der Waals surface area (Å²) in [6, 6.07) is 2.44. The van der Waals surface area contributed by atoms with Crippen molar-refractivity contribution in [2.24, 2.45) is 0 Å². The van der Waals surface area contributed by atoms with Crippen LogP contribution in [0.1, 0.15) is 22.8 Å². The molecule has 0 saturated heterocycles. The van der Waals surface area contributed by atoms with Gasteiger partial charge in [-0.05, 0) is 25.1 Å². The standard InChI is InChI=1S/C13H15F3N2O3/c1-3-18(7-11(19)17-2)10-5-4-8(13(14,15)16)6-9(10)12(20)21/h4-6H,3,7H2,1-2H3,(H,17,19)(H,20,21). The first-order valence-corrected chi connectivity index (χ1v) is 6.10. The van der Waals surface area contributed by atoms with Crippen molar-refractivity contribution in [1.29, 1.82) is 0 Å². The summed E-state index contributed by atoms with van der Waals surface area (Å²) in [5.41, 5.74) is -1.46. The Morgan fingerprint density at radius 3 is 2.38 bits per heavy atom. The predicted molar refractivity (Wildman–Crippen MR) is 70.4 cm³/mol. The lowest BCUT2D eigenvalue weighted by molar-refractivity contribution is -0.137. The zero-order valence-corrected chi connectivity index (χ0v) is 11.5. The number of amides is 1. The van der Waals surface area contributed by atoms with Crippen molar-refractivity contribution >= 4 is 17.6 Å². The molecule has 1 rings (SSSR count). The lowest BCUT2D eigenvalue weighted by Gasteiger charge is -2.24. The Labute approximate surface area is 119 Å². The second kappa shape index (κ2) is 6.47. The van der Waals surface area contributed by atoms with Gasteiger partial charge in [0, 0.05) is 13.6 Å². The summed E-state index contributed by atoms with van der Waals surface area (Å²) in [5, 5.41) is 11.5. The quantitative estimate of drug-likeness (QED) is 0.872. The molecule has 0 atom stereocenters. The van der Waals surface area contributed by atoms with Gasteiger partial charge in [-0.3, -0.25) is 4.79 Å². The van der Waals surface area contributed by atoms with E-state index in [-0.39, 0.29) is 24.7 Å². The van der Waals surface area contributed by atoms with Gasteiger partial charge in [0.05, 0.1) is 23.4 Å². The first-order chi connectivity index (χ1) is 9.70. The van der Waals surface area contributed by atoms with Gasteiger partial charge in [0.15, 0.2) is 0 Å². The molecule has 1 amide bonds. The Balaban J connectivity index is 3.28. The van der Waals surface area contributed by atoms with Crippen LogP contribution in [0.2, 0.25) is 0 Å². The number of hydrogen-bond acceptors (Lipinski definition) is 3. The maximum atomic E-state index is 12.6. The number of hydrogen-bond donors (Lipinski definition) is 2. The Kier molecular flexibility index (Phi) is 5.17. The number of alkyl halides is 3. The summed E-state index contributed by atoms with van der Waals surface area (Å²) in [4.78, 5) is 24.0. The number of rotatable bonds is 5. The number of aromatic carboxylic acids is 1. The van der Waals surface area contributed by atoms with Crippen molar-refractivity contribution < 1.29 is 27.9 Å². The molecular weight excluding hydrogens is 289 g/mol. The van der Waals surface area contributed by atoms with E-state index in [0.717, 1.165) is 12.1 Å². The smallest absolute Gasteiger partial charge is 0.416 e. The number of anilines is 1. The number of benzene rings is 1. The zero-order chi connectivity index (χ0) is 16.2. The van der Waals surface area contributed by atoms with E-state index in [0.29, 0.717) is 6.07 Å². The van der Waals surface area contributed by atoms with Gasteiger partial charge in [-0.1, -0.05) is 0 Å². The van der Waals surface area contributed by atoms with E-state index in [9.17, 15) is 22.8 Å². The van der Waals surface area contributed by atoms with Crippen molar-refractivity contribution in [3.05, 3.63) is 29.3 Å². The molecule has 0 heterocycles. The van der Waals surface area contributed by atoms with Gasteiger partial charge in [-0.2, -0.15) is 13.2 Å². The predicted octanol–water partition coefficient (Wildman–Crippen LogP) is 1.98. The fourth-order valence-corrected chi connectivity index (χ4v) is 1.78. The molecule has 0 aromatic heterocycles. The van der Waals surface area contributed by atoms with Gasteiger partial charge in [0.25, 0.3) is 0 Å². The number of likely N-dealkylation sites (N-methyl/N-ethyl adjacent to an activating group) is 2. The van der Waals surface area contributed by atoms with Crippen molar-refractivity contribution in [3.63, 3.8) is 0 Å². The van der Waals surface area contributed by atoms with E-state index >= 15 is 0 Å². The first kappa shape index (κ1) is 16.8. The molecule has 1 aromatic rings. The molecule has 0 bridgehead atoms. The highest BCUT2D eigenvalue weighted by Crippen LogP contribution is 2.33. The van der Waals surface area contributed by atoms with E-state index in [1.54, 1.807) is 6.92 Å². The van der Waals surface area contributed by atoms with Crippen LogP contribution in [0.4, 0.5) is 18.9 Å². The van der Waals surface area contributed by atoms with Crippen LogP contribution in [0.15, 0.2) is 18.2 Å². The Morgan fingerprint density at radius 2 is 1.95 bits per heavy atom. The summed E-state index contributed by atoms with van der Waals surface area (Å²) in [5.74, 6) is -1.85. The highest BCUT2D eigenvalue weighted by atomic mass is 19.4. The molecule has 1 aromatic carbocycles. The van der Waals surface area contributed by atoms with Gasteiger partial charge in [0.2, 0.25) is 5.91 Å². The van der Waals surface area contributed by atoms with E-state index in [4.69, 9.17) is 5.11 Å². The number of nitrogens with zero attached hydrogens (tertiary/aromatic N) is 1. The van der Waals surface area contributed by atoms with Crippen LogP contribution in [0, 0.1) is 0 Å². The molecule has 116 valence electrons. The molecule has 8 heteroatoms. The summed E-state index contributed by atoms with van der Waals surface area (Å²) in [6.07, 6.45) is -4.62. The minimum absolute atomic E-state index is 0.0709. The van der Waals surface area contributed by atoms with Gasteiger partial charge in [0.1, 0.15) is 0 Å². The number of carboxylic acid groups (broad SMARTS) is 1. The second-order valence-corrected chi connectivity index (χ2v) is 4.22. The summed E-state index contributed by atoms with van der Waals surface area (Å²) >= 11 is 0. The third kappa shape index (κ3) is 4.11. The topological polar surface area (TPSA) is 69.6 Å². The van der Waals surface area contributed by atoms with Crippen LogP contribution in [0.3, 0.4) is 0 Å². The highest BCUT2D eigenvalue weighted by molar-refractivity contribution is 5.95. The highest BCUT2D eigenvalue weighted by Gasteiger charge is 2.32. The molecule has 0 spiro atoms. The molecule has 2 N–H and O–H groups in total. The molecule has 5 nitrogen and oxygen atoms in total. The Morgan fingerprint density at radius 1 is 1.33 bits per heavy atom. The van der Waals surface area contributed by atoms with Gasteiger partial charge in [-0.25, -0.2) is 4.79 Å². The first-order valence-electron chi connectivity index (χ1n) is 6.10. The molecule has 21 heavy (non-hydrogen) atoms. The minimum Gasteiger partial charge on any atom is -0.478 e. The van der Waals surface area contributed by atoms with Gasteiger partial charge < -0.3 is 15.3 Å². The molecule has 0 aliphatic rings. The number of halogens is 3. The largest absolute Gasteiger partial charge is 0.478 e. The zero-order valence-electron chi connectivity index (χ0n) is 11.5. The van der Waals surface area contributed by atoms with Gasteiger partial charge in [-0.15, -0.1) is 0 Å². The number of nitrogens with one attached hydrogen (secondary N) is 1. The molecule has 0 radical (unpaired) electrons. The molecule has 0 aliphatic carbocycles. The van der Waals surface area contributed by atoms with Crippen molar-refractivity contribution in [1.82, 2.24) is 5.32 Å². The third-order valence-electron chi connectivity index (χ3n) is 2.89. The molecule has 0 fully saturated rings. The Hall–Kier alpha value is -2.25. The summed E-state index contributed by atoms with van der Waals surface area (Å²) in [6.45, 7) is 1.81. The van der Waals surface area contributed by atoms with Crippen molar-refractivity contribution in [3.8, 4) is 0 Å². The average molecular weight is 304 g/mol. The minimum atomic E-state index is -4.62. The maximum Gasteiger partial charge on any atom is 0.416 e. The van der Waals surface area contributed by atoms with Crippen LogP contribution in [0.25, 0.3) is 0 Å². The molecule has 0 saturated carbocycles. The fraction of sp³-hybridized carbons (Fsp3) is 0.385.